The molecule has 1 aliphatic heterocycles. The molecule has 3 rings (SSSR count). The van der Waals surface area contributed by atoms with E-state index in [9.17, 15) is 4.79 Å². The second kappa shape index (κ2) is 4.74. The first-order chi connectivity index (χ1) is 9.15. The Balaban J connectivity index is 1.55. The summed E-state index contributed by atoms with van der Waals surface area (Å²) in [6.45, 7) is 3.81. The van der Waals surface area contributed by atoms with Crippen molar-refractivity contribution in [1.82, 2.24) is 5.32 Å². The van der Waals surface area contributed by atoms with Gasteiger partial charge in [-0.25, -0.2) is 0 Å². The van der Waals surface area contributed by atoms with Crippen LogP contribution in [0.3, 0.4) is 0 Å². The number of aryl methyl sites for hydroxylation is 1. The number of ether oxygens (including phenoxy) is 2. The molecule has 2 N–H and O–H groups in total. The van der Waals surface area contributed by atoms with Gasteiger partial charge < -0.3 is 19.9 Å². The minimum absolute atomic E-state index is 0.148. The summed E-state index contributed by atoms with van der Waals surface area (Å²) >= 11 is 0. The van der Waals surface area contributed by atoms with Crippen LogP contribution in [0.5, 0.6) is 11.5 Å². The van der Waals surface area contributed by atoms with Crippen molar-refractivity contribution in [3.05, 3.63) is 23.3 Å². The van der Waals surface area contributed by atoms with Gasteiger partial charge in [-0.05, 0) is 49.1 Å². The zero-order valence-electron chi connectivity index (χ0n) is 10.8. The molecule has 0 amide bonds. The van der Waals surface area contributed by atoms with Crippen molar-refractivity contribution in [2.24, 2.45) is 11.8 Å². The number of carbonyl (C=O) groups is 1. The van der Waals surface area contributed by atoms with Crippen LogP contribution in [0.1, 0.15) is 17.5 Å². The van der Waals surface area contributed by atoms with Crippen LogP contribution in [-0.4, -0.2) is 24.4 Å². The van der Waals surface area contributed by atoms with Gasteiger partial charge in [0.1, 0.15) is 0 Å². The summed E-state index contributed by atoms with van der Waals surface area (Å²) in [6, 6.07) is 3.97. The highest BCUT2D eigenvalue weighted by Gasteiger charge is 2.42. The van der Waals surface area contributed by atoms with E-state index in [1.807, 2.05) is 19.1 Å². The number of benzene rings is 1. The van der Waals surface area contributed by atoms with Crippen LogP contribution >= 0.6 is 0 Å². The Bertz CT molecular complexity index is 514. The number of carboxylic acid groups (broad SMARTS) is 1. The third-order valence-corrected chi connectivity index (χ3v) is 3.79. The molecule has 0 aromatic heterocycles. The van der Waals surface area contributed by atoms with Gasteiger partial charge in [-0.1, -0.05) is 0 Å². The van der Waals surface area contributed by atoms with Gasteiger partial charge in [0.25, 0.3) is 0 Å². The average Bonchev–Trinajstić information content (AvgIpc) is 3.01. The van der Waals surface area contributed by atoms with Gasteiger partial charge in [0.05, 0.1) is 5.92 Å². The summed E-state index contributed by atoms with van der Waals surface area (Å²) < 4.78 is 10.7. The third kappa shape index (κ3) is 2.51. The van der Waals surface area contributed by atoms with Crippen LogP contribution in [-0.2, 0) is 11.3 Å². The highest BCUT2D eigenvalue weighted by Crippen LogP contribution is 2.38. The molecule has 1 fully saturated rings. The first kappa shape index (κ1) is 12.3. The maximum atomic E-state index is 10.7. The number of rotatable bonds is 5. The number of aliphatic carboxylic acids is 1. The quantitative estimate of drug-likeness (QED) is 0.843. The third-order valence-electron chi connectivity index (χ3n) is 3.79. The van der Waals surface area contributed by atoms with E-state index in [1.54, 1.807) is 0 Å². The monoisotopic (exact) mass is 263 g/mol. The summed E-state index contributed by atoms with van der Waals surface area (Å²) in [7, 11) is 0. The molecule has 0 saturated heterocycles. The van der Waals surface area contributed by atoms with E-state index >= 15 is 0 Å². The van der Waals surface area contributed by atoms with E-state index in [0.717, 1.165) is 42.1 Å². The largest absolute Gasteiger partial charge is 0.481 e. The van der Waals surface area contributed by atoms with Gasteiger partial charge in [0.15, 0.2) is 11.5 Å². The molecule has 102 valence electrons. The topological polar surface area (TPSA) is 67.8 Å². The van der Waals surface area contributed by atoms with Crippen LogP contribution in [0.2, 0.25) is 0 Å². The van der Waals surface area contributed by atoms with Crippen LogP contribution in [0.4, 0.5) is 0 Å². The van der Waals surface area contributed by atoms with Crippen molar-refractivity contribution in [2.45, 2.75) is 19.9 Å². The van der Waals surface area contributed by atoms with E-state index < -0.39 is 5.97 Å². The lowest BCUT2D eigenvalue weighted by Crippen LogP contribution is -2.18. The molecule has 19 heavy (non-hydrogen) atoms. The summed E-state index contributed by atoms with van der Waals surface area (Å²) in [4.78, 5) is 10.7. The molecule has 2 unspecified atom stereocenters. The number of carboxylic acids is 1. The molecule has 2 atom stereocenters. The Morgan fingerprint density at radius 2 is 2.16 bits per heavy atom. The maximum Gasteiger partial charge on any atom is 0.306 e. The first-order valence-corrected chi connectivity index (χ1v) is 6.48. The Kier molecular flexibility index (Phi) is 3.06. The number of hydrogen-bond donors (Lipinski definition) is 2. The normalized spacial score (nSPS) is 23.4. The SMILES string of the molecule is Cc1cc2c(cc1CNCC1CC1C(=O)O)OCO2. The standard InChI is InChI=1S/C14H17NO4/c1-8-2-12-13(19-7-18-12)4-9(8)5-15-6-10-3-11(10)14(16)17/h2,4,10-11,15H,3,5-7H2,1H3,(H,16,17). The lowest BCUT2D eigenvalue weighted by Gasteiger charge is -2.09. The Labute approximate surface area is 111 Å². The fourth-order valence-corrected chi connectivity index (χ4v) is 2.44. The van der Waals surface area contributed by atoms with Gasteiger partial charge in [0.2, 0.25) is 6.79 Å². The maximum absolute atomic E-state index is 10.7. The molecule has 1 aromatic carbocycles. The predicted octanol–water partition coefficient (Wildman–Crippen LogP) is 1.53. The van der Waals surface area contributed by atoms with Crippen molar-refractivity contribution < 1.29 is 19.4 Å². The number of hydrogen-bond acceptors (Lipinski definition) is 4. The number of nitrogens with one attached hydrogen (secondary N) is 1. The Morgan fingerprint density at radius 1 is 1.42 bits per heavy atom. The average molecular weight is 263 g/mol. The first-order valence-electron chi connectivity index (χ1n) is 6.48. The van der Waals surface area contributed by atoms with Crippen molar-refractivity contribution in [1.29, 1.82) is 0 Å². The van der Waals surface area contributed by atoms with E-state index in [4.69, 9.17) is 14.6 Å². The van der Waals surface area contributed by atoms with E-state index in [0.29, 0.717) is 0 Å². The fourth-order valence-electron chi connectivity index (χ4n) is 2.44. The summed E-state index contributed by atoms with van der Waals surface area (Å²) in [5.41, 5.74) is 2.32. The summed E-state index contributed by atoms with van der Waals surface area (Å²) in [6.07, 6.45) is 0.794. The van der Waals surface area contributed by atoms with Crippen LogP contribution in [0, 0.1) is 18.8 Å². The Morgan fingerprint density at radius 3 is 2.84 bits per heavy atom. The predicted molar refractivity (Wildman–Crippen MR) is 68.2 cm³/mol. The molecule has 0 radical (unpaired) electrons. The lowest BCUT2D eigenvalue weighted by molar-refractivity contribution is -0.138. The van der Waals surface area contributed by atoms with Crippen molar-refractivity contribution in [3.63, 3.8) is 0 Å². The molecular formula is C14H17NO4. The molecule has 2 aliphatic rings. The second-order valence-electron chi connectivity index (χ2n) is 5.20. The summed E-state index contributed by atoms with van der Waals surface area (Å²) in [5.74, 6) is 1.05. The molecule has 1 aromatic rings. The van der Waals surface area contributed by atoms with E-state index in [2.05, 4.69) is 5.32 Å². The molecule has 1 aliphatic carbocycles. The highest BCUT2D eigenvalue weighted by molar-refractivity contribution is 5.73. The molecule has 0 spiro atoms. The minimum Gasteiger partial charge on any atom is -0.481 e. The smallest absolute Gasteiger partial charge is 0.306 e. The molecule has 5 nitrogen and oxygen atoms in total. The van der Waals surface area contributed by atoms with Crippen LogP contribution in [0.15, 0.2) is 12.1 Å². The molecule has 1 saturated carbocycles. The molecule has 1 heterocycles. The minimum atomic E-state index is -0.675. The Hall–Kier alpha value is -1.75. The van der Waals surface area contributed by atoms with Crippen molar-refractivity contribution in [3.8, 4) is 11.5 Å². The number of fused-ring (bicyclic) bond motifs is 1. The lowest BCUT2D eigenvalue weighted by atomic mass is 10.1. The zero-order valence-corrected chi connectivity index (χ0v) is 10.8. The second-order valence-corrected chi connectivity index (χ2v) is 5.20. The van der Waals surface area contributed by atoms with Gasteiger partial charge in [0, 0.05) is 6.54 Å². The van der Waals surface area contributed by atoms with Gasteiger partial charge in [-0.15, -0.1) is 0 Å². The highest BCUT2D eigenvalue weighted by atomic mass is 16.7. The molecular weight excluding hydrogens is 246 g/mol. The molecule has 0 bridgehead atoms. The van der Waals surface area contributed by atoms with Crippen molar-refractivity contribution in [2.75, 3.05) is 13.3 Å². The van der Waals surface area contributed by atoms with Crippen LogP contribution in [0.25, 0.3) is 0 Å². The zero-order chi connectivity index (χ0) is 13.4. The van der Waals surface area contributed by atoms with Crippen molar-refractivity contribution >= 4 is 5.97 Å². The van der Waals surface area contributed by atoms with Gasteiger partial charge in [-0.2, -0.15) is 0 Å². The van der Waals surface area contributed by atoms with Crippen LogP contribution < -0.4 is 14.8 Å². The van der Waals surface area contributed by atoms with E-state index in [1.165, 1.54) is 0 Å². The van der Waals surface area contributed by atoms with Gasteiger partial charge in [-0.3, -0.25) is 4.79 Å². The summed E-state index contributed by atoms with van der Waals surface area (Å²) in [5, 5.41) is 12.2. The molecule has 5 heteroatoms. The van der Waals surface area contributed by atoms with E-state index in [-0.39, 0.29) is 18.6 Å². The van der Waals surface area contributed by atoms with Gasteiger partial charge >= 0.3 is 5.97 Å². The fraction of sp³-hybridized carbons (Fsp3) is 0.500.